The molecule has 0 aliphatic carbocycles. The highest BCUT2D eigenvalue weighted by molar-refractivity contribution is 6.32. The van der Waals surface area contributed by atoms with Crippen LogP contribution in [0.4, 0.5) is 5.69 Å². The summed E-state index contributed by atoms with van der Waals surface area (Å²) in [7, 11) is 1.50. The summed E-state index contributed by atoms with van der Waals surface area (Å²) in [6, 6.07) is 6.66. The number of rotatable bonds is 5. The number of anilines is 1. The maximum absolute atomic E-state index is 12.3. The van der Waals surface area contributed by atoms with Gasteiger partial charge in [0.05, 0.1) is 18.7 Å². The highest BCUT2D eigenvalue weighted by Crippen LogP contribution is 2.36. The van der Waals surface area contributed by atoms with Crippen LogP contribution in [0.2, 0.25) is 5.02 Å². The summed E-state index contributed by atoms with van der Waals surface area (Å²) < 4.78 is 10.7. The largest absolute Gasteiger partial charge is 0.493 e. The first-order valence-corrected chi connectivity index (χ1v) is 7.17. The fourth-order valence-electron chi connectivity index (χ4n) is 1.96. The number of amides is 1. The smallest absolute Gasteiger partial charge is 0.255 e. The second-order valence-electron chi connectivity index (χ2n) is 4.56. The Hall–Kier alpha value is -2.27. The first-order valence-electron chi connectivity index (χ1n) is 6.79. The topological polar surface area (TPSA) is 60.5 Å². The van der Waals surface area contributed by atoms with Crippen LogP contribution in [-0.2, 0) is 0 Å². The number of carbonyl (C=O) groups is 1. The van der Waals surface area contributed by atoms with Crippen molar-refractivity contribution in [3.05, 3.63) is 46.7 Å². The van der Waals surface area contributed by atoms with Crippen molar-refractivity contribution < 1.29 is 14.3 Å². The van der Waals surface area contributed by atoms with E-state index in [0.717, 1.165) is 5.69 Å². The number of methoxy groups -OCH3 is 1. The molecule has 0 radical (unpaired) electrons. The van der Waals surface area contributed by atoms with Crippen molar-refractivity contribution in [1.82, 2.24) is 4.98 Å². The Morgan fingerprint density at radius 3 is 2.77 bits per heavy atom. The average molecular weight is 321 g/mol. The molecule has 116 valence electrons. The molecule has 6 heteroatoms. The lowest BCUT2D eigenvalue weighted by Crippen LogP contribution is -2.12. The van der Waals surface area contributed by atoms with Gasteiger partial charge in [-0.05, 0) is 38.1 Å². The number of aromatic nitrogens is 1. The van der Waals surface area contributed by atoms with Crippen molar-refractivity contribution in [2.24, 2.45) is 0 Å². The lowest BCUT2D eigenvalue weighted by atomic mass is 10.1. The number of benzene rings is 1. The Morgan fingerprint density at radius 1 is 1.36 bits per heavy atom. The molecule has 0 saturated heterocycles. The summed E-state index contributed by atoms with van der Waals surface area (Å²) in [5.41, 5.74) is 1.88. The Kier molecular flexibility index (Phi) is 5.22. The van der Waals surface area contributed by atoms with Gasteiger partial charge in [0.15, 0.2) is 11.5 Å². The highest BCUT2D eigenvalue weighted by atomic mass is 35.5. The minimum Gasteiger partial charge on any atom is -0.493 e. The fraction of sp³-hybridized carbons (Fsp3) is 0.250. The van der Waals surface area contributed by atoms with Gasteiger partial charge < -0.3 is 14.8 Å². The number of hydrogen-bond donors (Lipinski definition) is 1. The Morgan fingerprint density at radius 2 is 2.14 bits per heavy atom. The molecular weight excluding hydrogens is 304 g/mol. The zero-order chi connectivity index (χ0) is 16.1. The molecule has 0 aliphatic heterocycles. The molecule has 5 nitrogen and oxygen atoms in total. The lowest BCUT2D eigenvalue weighted by Gasteiger charge is -2.13. The lowest BCUT2D eigenvalue weighted by molar-refractivity contribution is 0.102. The molecule has 0 unspecified atom stereocenters. The van der Waals surface area contributed by atoms with E-state index in [1.54, 1.807) is 30.5 Å². The van der Waals surface area contributed by atoms with Crippen LogP contribution in [0.15, 0.2) is 30.5 Å². The van der Waals surface area contributed by atoms with E-state index in [0.29, 0.717) is 34.4 Å². The molecule has 0 aliphatic rings. The summed E-state index contributed by atoms with van der Waals surface area (Å²) in [4.78, 5) is 16.4. The van der Waals surface area contributed by atoms with Crippen LogP contribution in [0.25, 0.3) is 0 Å². The average Bonchev–Trinajstić information content (AvgIpc) is 2.49. The predicted octanol–water partition coefficient (Wildman–Crippen LogP) is 3.70. The minimum absolute atomic E-state index is 0.283. The van der Waals surface area contributed by atoms with E-state index in [1.165, 1.54) is 7.11 Å². The number of ether oxygens (including phenoxy) is 2. The van der Waals surface area contributed by atoms with Crippen molar-refractivity contribution in [3.63, 3.8) is 0 Å². The SMILES string of the molecule is CCOc1c(Cl)cc(C(=O)Nc2ccnc(C)c2)cc1OC. The summed E-state index contributed by atoms with van der Waals surface area (Å²) in [5.74, 6) is 0.572. The second-order valence-corrected chi connectivity index (χ2v) is 4.97. The molecule has 22 heavy (non-hydrogen) atoms. The van der Waals surface area contributed by atoms with E-state index in [2.05, 4.69) is 10.3 Å². The maximum Gasteiger partial charge on any atom is 0.255 e. The van der Waals surface area contributed by atoms with Crippen LogP contribution in [-0.4, -0.2) is 24.6 Å². The van der Waals surface area contributed by atoms with Crippen molar-refractivity contribution in [1.29, 1.82) is 0 Å². The van der Waals surface area contributed by atoms with Gasteiger partial charge in [0.1, 0.15) is 0 Å². The molecule has 1 N–H and O–H groups in total. The molecule has 0 saturated carbocycles. The van der Waals surface area contributed by atoms with Crippen molar-refractivity contribution >= 4 is 23.2 Å². The molecule has 2 rings (SSSR count). The number of halogens is 1. The van der Waals surface area contributed by atoms with Gasteiger partial charge in [-0.25, -0.2) is 0 Å². The molecule has 1 heterocycles. The van der Waals surface area contributed by atoms with E-state index in [1.807, 2.05) is 13.8 Å². The van der Waals surface area contributed by atoms with E-state index in [9.17, 15) is 4.79 Å². The van der Waals surface area contributed by atoms with E-state index in [4.69, 9.17) is 21.1 Å². The number of nitrogens with one attached hydrogen (secondary N) is 1. The van der Waals surface area contributed by atoms with Gasteiger partial charge >= 0.3 is 0 Å². The van der Waals surface area contributed by atoms with Crippen LogP contribution < -0.4 is 14.8 Å². The Balaban J connectivity index is 2.28. The first kappa shape index (κ1) is 16.1. The zero-order valence-corrected chi connectivity index (χ0v) is 13.4. The summed E-state index contributed by atoms with van der Waals surface area (Å²) in [5, 5.41) is 3.13. The number of carbonyl (C=O) groups excluding carboxylic acids is 1. The van der Waals surface area contributed by atoms with Gasteiger partial charge in [-0.1, -0.05) is 11.6 Å². The molecule has 1 aromatic heterocycles. The third-order valence-corrected chi connectivity index (χ3v) is 3.22. The van der Waals surface area contributed by atoms with E-state index in [-0.39, 0.29) is 5.91 Å². The third-order valence-electron chi connectivity index (χ3n) is 2.93. The zero-order valence-electron chi connectivity index (χ0n) is 12.6. The van der Waals surface area contributed by atoms with Crippen LogP contribution in [0.3, 0.4) is 0 Å². The number of nitrogens with zero attached hydrogens (tertiary/aromatic N) is 1. The van der Waals surface area contributed by atoms with Crippen LogP contribution >= 0.6 is 11.6 Å². The van der Waals surface area contributed by atoms with Crippen molar-refractivity contribution in [2.75, 3.05) is 19.0 Å². The fourth-order valence-corrected chi connectivity index (χ4v) is 2.23. The molecule has 0 fully saturated rings. The van der Waals surface area contributed by atoms with E-state index >= 15 is 0 Å². The van der Waals surface area contributed by atoms with Gasteiger partial charge in [-0.3, -0.25) is 9.78 Å². The van der Waals surface area contributed by atoms with E-state index < -0.39 is 0 Å². The standard InChI is InChI=1S/C16H17ClN2O3/c1-4-22-15-13(17)8-11(9-14(15)21-3)16(20)19-12-5-6-18-10(2)7-12/h5-9H,4H2,1-3H3,(H,18,19,20). The second kappa shape index (κ2) is 7.13. The summed E-state index contributed by atoms with van der Waals surface area (Å²) >= 11 is 6.17. The van der Waals surface area contributed by atoms with Crippen LogP contribution in [0.5, 0.6) is 11.5 Å². The normalized spacial score (nSPS) is 10.2. The molecule has 0 spiro atoms. The highest BCUT2D eigenvalue weighted by Gasteiger charge is 2.16. The van der Waals surface area contributed by atoms with Gasteiger partial charge in [0.2, 0.25) is 0 Å². The molecule has 0 bridgehead atoms. The number of hydrogen-bond acceptors (Lipinski definition) is 4. The molecular formula is C16H17ClN2O3. The Labute approximate surface area is 134 Å². The molecule has 2 aromatic rings. The van der Waals surface area contributed by atoms with Crippen LogP contribution in [0.1, 0.15) is 23.0 Å². The number of aryl methyl sites for hydroxylation is 1. The maximum atomic E-state index is 12.3. The third kappa shape index (κ3) is 3.68. The minimum atomic E-state index is -0.283. The predicted molar refractivity (Wildman–Crippen MR) is 86.1 cm³/mol. The van der Waals surface area contributed by atoms with Gasteiger partial charge in [0, 0.05) is 23.1 Å². The van der Waals surface area contributed by atoms with Crippen molar-refractivity contribution in [2.45, 2.75) is 13.8 Å². The van der Waals surface area contributed by atoms with Crippen LogP contribution in [0, 0.1) is 6.92 Å². The monoisotopic (exact) mass is 320 g/mol. The van der Waals surface area contributed by atoms with Crippen molar-refractivity contribution in [3.8, 4) is 11.5 Å². The van der Waals surface area contributed by atoms with Gasteiger partial charge in [0.25, 0.3) is 5.91 Å². The van der Waals surface area contributed by atoms with Gasteiger partial charge in [-0.15, -0.1) is 0 Å². The summed E-state index contributed by atoms with van der Waals surface area (Å²) in [6.07, 6.45) is 1.64. The first-order chi connectivity index (χ1) is 10.5. The molecule has 0 atom stereocenters. The van der Waals surface area contributed by atoms with Gasteiger partial charge in [-0.2, -0.15) is 0 Å². The molecule has 1 amide bonds. The summed E-state index contributed by atoms with van der Waals surface area (Å²) in [6.45, 7) is 4.16. The molecule has 1 aromatic carbocycles. The number of pyridine rings is 1. The Bertz CT molecular complexity index is 689. The quantitative estimate of drug-likeness (QED) is 0.912.